The molecule has 0 amide bonds. The number of piperidine rings is 1. The highest BCUT2D eigenvalue weighted by Crippen LogP contribution is 2.42. The molecule has 2 aromatic carbocycles. The molecular weight excluding hydrogens is 549 g/mol. The van der Waals surface area contributed by atoms with Gasteiger partial charge in [0.15, 0.2) is 11.5 Å². The van der Waals surface area contributed by atoms with Crippen molar-refractivity contribution in [1.82, 2.24) is 14.9 Å². The zero-order chi connectivity index (χ0) is 28.5. The number of hydrogen-bond acceptors (Lipinski definition) is 8. The van der Waals surface area contributed by atoms with Crippen LogP contribution in [0.25, 0.3) is 11.3 Å². The highest BCUT2D eigenvalue weighted by molar-refractivity contribution is 7.52. The van der Waals surface area contributed by atoms with E-state index in [-0.39, 0.29) is 12.2 Å². The summed E-state index contributed by atoms with van der Waals surface area (Å²) in [5.74, 6) is 0.540. The zero-order valence-electron chi connectivity index (χ0n) is 22.6. The van der Waals surface area contributed by atoms with Crippen molar-refractivity contribution in [2.75, 3.05) is 43.5 Å². The van der Waals surface area contributed by atoms with Crippen LogP contribution >= 0.6 is 19.2 Å². The molecular formula is C29H35ClN5O4P. The highest BCUT2D eigenvalue weighted by Gasteiger charge is 2.17. The van der Waals surface area contributed by atoms with Gasteiger partial charge in [0.1, 0.15) is 0 Å². The normalized spacial score (nSPS) is 15.2. The molecule has 0 aliphatic carbocycles. The predicted octanol–water partition coefficient (Wildman–Crippen LogP) is 6.32. The summed E-state index contributed by atoms with van der Waals surface area (Å²) in [5.41, 5.74) is 3.36. The summed E-state index contributed by atoms with van der Waals surface area (Å²) in [7, 11) is -3.75. The predicted molar refractivity (Wildman–Crippen MR) is 161 cm³/mol. The number of hydrogen-bond donors (Lipinski definition) is 3. The molecule has 0 saturated carbocycles. The maximum Gasteiger partial charge on any atom is 0.373 e. The number of benzene rings is 2. The van der Waals surface area contributed by atoms with Crippen molar-refractivity contribution in [1.29, 1.82) is 0 Å². The number of halogens is 1. The fourth-order valence-electron chi connectivity index (χ4n) is 4.58. The van der Waals surface area contributed by atoms with Crippen LogP contribution in [-0.2, 0) is 15.8 Å². The molecule has 1 unspecified atom stereocenters. The maximum atomic E-state index is 12.0. The molecule has 1 fully saturated rings. The molecule has 2 heterocycles. The van der Waals surface area contributed by atoms with E-state index in [9.17, 15) is 14.3 Å². The SMILES string of the molecule is C=CC(=O)Cc1cccc(-c2nc(Nc3ccc(OP(C)(=O)O)c(NCCCN4CCCCC4)c3)ncc2Cl)c1. The molecule has 3 N–H and O–H groups in total. The van der Waals surface area contributed by atoms with E-state index >= 15 is 0 Å². The van der Waals surface area contributed by atoms with Crippen molar-refractivity contribution in [3.63, 3.8) is 0 Å². The number of nitrogens with zero attached hydrogens (tertiary/aromatic N) is 3. The lowest BCUT2D eigenvalue weighted by Crippen LogP contribution is -2.31. The third-order valence-electron chi connectivity index (χ3n) is 6.47. The second kappa shape index (κ2) is 13.9. The molecule has 4 rings (SSSR count). The molecule has 1 atom stereocenters. The zero-order valence-corrected chi connectivity index (χ0v) is 24.3. The number of anilines is 3. The van der Waals surface area contributed by atoms with Crippen molar-refractivity contribution < 1.29 is 18.8 Å². The number of aromatic nitrogens is 2. The van der Waals surface area contributed by atoms with Crippen LogP contribution in [0.5, 0.6) is 5.75 Å². The topological polar surface area (TPSA) is 117 Å². The monoisotopic (exact) mass is 583 g/mol. The van der Waals surface area contributed by atoms with Crippen LogP contribution in [0.1, 0.15) is 31.2 Å². The largest absolute Gasteiger partial charge is 0.422 e. The fourth-order valence-corrected chi connectivity index (χ4v) is 5.30. The second-order valence-corrected chi connectivity index (χ2v) is 12.0. The molecule has 0 radical (unpaired) electrons. The first-order valence-electron chi connectivity index (χ1n) is 13.3. The standard InChI is InChI=1S/C29H35ClN5O4P/c1-3-24(36)18-21-9-7-10-22(17-21)28-25(30)20-32-29(34-28)33-23-11-12-27(39-40(2,37)38)26(19-23)31-13-8-16-35-14-5-4-6-15-35/h3,7,9-12,17,19-20,31H,1,4-6,8,13-16,18H2,2H3,(H,37,38)(H,32,33,34). The fraction of sp³-hybridized carbons (Fsp3) is 0.345. The summed E-state index contributed by atoms with van der Waals surface area (Å²) in [6, 6.07) is 12.6. The quantitative estimate of drug-likeness (QED) is 0.121. The Labute approximate surface area is 240 Å². The van der Waals surface area contributed by atoms with E-state index in [4.69, 9.17) is 16.1 Å². The minimum Gasteiger partial charge on any atom is -0.422 e. The third-order valence-corrected chi connectivity index (χ3v) is 7.28. The van der Waals surface area contributed by atoms with Crippen molar-refractivity contribution in [3.05, 3.63) is 71.9 Å². The number of likely N-dealkylation sites (tertiary alicyclic amines) is 1. The lowest BCUT2D eigenvalue weighted by molar-refractivity contribution is -0.114. The maximum absolute atomic E-state index is 12.0. The smallest absolute Gasteiger partial charge is 0.373 e. The summed E-state index contributed by atoms with van der Waals surface area (Å²) in [6.45, 7) is 8.64. The molecule has 0 bridgehead atoms. The molecule has 0 spiro atoms. The van der Waals surface area contributed by atoms with Gasteiger partial charge in [-0.05, 0) is 74.8 Å². The number of nitrogens with one attached hydrogen (secondary N) is 2. The van der Waals surface area contributed by atoms with Crippen LogP contribution in [0.15, 0.2) is 61.3 Å². The van der Waals surface area contributed by atoms with Crippen molar-refractivity contribution >= 4 is 42.3 Å². The Hall–Kier alpha value is -3.23. The average Bonchev–Trinajstić information content (AvgIpc) is 2.93. The molecule has 1 aliphatic heterocycles. The van der Waals surface area contributed by atoms with Gasteiger partial charge in [0, 0.05) is 30.9 Å². The Balaban J connectivity index is 1.50. The lowest BCUT2D eigenvalue weighted by atomic mass is 10.0. The van der Waals surface area contributed by atoms with Gasteiger partial charge < -0.3 is 25.0 Å². The van der Waals surface area contributed by atoms with Crippen molar-refractivity contribution in [2.45, 2.75) is 32.1 Å². The molecule has 3 aromatic rings. The Bertz CT molecular complexity index is 1390. The van der Waals surface area contributed by atoms with Crippen molar-refractivity contribution in [2.24, 2.45) is 0 Å². The Morgan fingerprint density at radius 2 is 2.02 bits per heavy atom. The van der Waals surface area contributed by atoms with E-state index in [1.54, 1.807) is 18.2 Å². The van der Waals surface area contributed by atoms with E-state index in [1.165, 1.54) is 31.5 Å². The number of carbonyl (C=O) groups excluding carboxylic acids is 1. The van der Waals surface area contributed by atoms with Crippen LogP contribution in [0.2, 0.25) is 5.02 Å². The number of allylic oxidation sites excluding steroid dienone is 1. The molecule has 1 aromatic heterocycles. The van der Waals surface area contributed by atoms with Gasteiger partial charge in [-0.15, -0.1) is 0 Å². The van der Waals surface area contributed by atoms with Gasteiger partial charge in [0.2, 0.25) is 5.95 Å². The van der Waals surface area contributed by atoms with Gasteiger partial charge in [-0.1, -0.05) is 42.8 Å². The number of ketones is 1. The van der Waals surface area contributed by atoms with E-state index in [0.29, 0.717) is 40.3 Å². The minimum absolute atomic E-state index is 0.0720. The van der Waals surface area contributed by atoms with E-state index in [2.05, 4.69) is 32.1 Å². The summed E-state index contributed by atoms with van der Waals surface area (Å²) in [4.78, 5) is 33.0. The van der Waals surface area contributed by atoms with Crippen LogP contribution in [-0.4, -0.2) is 58.4 Å². The second-order valence-electron chi connectivity index (χ2n) is 9.85. The number of carbonyl (C=O) groups is 1. The van der Waals surface area contributed by atoms with Crippen LogP contribution < -0.4 is 15.2 Å². The van der Waals surface area contributed by atoms with Crippen LogP contribution in [0.3, 0.4) is 0 Å². The summed E-state index contributed by atoms with van der Waals surface area (Å²) in [5, 5.41) is 6.91. The summed E-state index contributed by atoms with van der Waals surface area (Å²) >= 11 is 6.44. The molecule has 1 saturated heterocycles. The molecule has 9 nitrogen and oxygen atoms in total. The minimum atomic E-state index is -3.75. The molecule has 1 aliphatic rings. The summed E-state index contributed by atoms with van der Waals surface area (Å²) in [6.07, 6.45) is 7.79. The van der Waals surface area contributed by atoms with E-state index in [0.717, 1.165) is 43.8 Å². The van der Waals surface area contributed by atoms with Gasteiger partial charge in [-0.25, -0.2) is 14.5 Å². The lowest BCUT2D eigenvalue weighted by Gasteiger charge is -2.26. The first-order valence-corrected chi connectivity index (χ1v) is 15.7. The Morgan fingerprint density at radius 1 is 1.23 bits per heavy atom. The van der Waals surface area contributed by atoms with Gasteiger partial charge in [0.05, 0.1) is 22.6 Å². The Kier molecular flexibility index (Phi) is 10.3. The van der Waals surface area contributed by atoms with Gasteiger partial charge in [-0.3, -0.25) is 4.79 Å². The first kappa shape index (κ1) is 29.7. The molecule has 40 heavy (non-hydrogen) atoms. The van der Waals surface area contributed by atoms with E-state index < -0.39 is 7.60 Å². The van der Waals surface area contributed by atoms with Gasteiger partial charge in [0.25, 0.3) is 0 Å². The highest BCUT2D eigenvalue weighted by atomic mass is 35.5. The van der Waals surface area contributed by atoms with Gasteiger partial charge in [-0.2, -0.15) is 0 Å². The van der Waals surface area contributed by atoms with Crippen LogP contribution in [0, 0.1) is 0 Å². The van der Waals surface area contributed by atoms with Gasteiger partial charge >= 0.3 is 7.60 Å². The number of rotatable bonds is 13. The summed E-state index contributed by atoms with van der Waals surface area (Å²) < 4.78 is 17.3. The molecule has 212 valence electrons. The first-order chi connectivity index (χ1) is 19.2. The average molecular weight is 584 g/mol. The third kappa shape index (κ3) is 8.89. The van der Waals surface area contributed by atoms with Crippen LogP contribution in [0.4, 0.5) is 17.3 Å². The Morgan fingerprint density at radius 3 is 2.77 bits per heavy atom. The van der Waals surface area contributed by atoms with E-state index in [1.807, 2.05) is 24.3 Å². The van der Waals surface area contributed by atoms with Crippen molar-refractivity contribution in [3.8, 4) is 17.0 Å². The molecule has 11 heteroatoms.